The fourth-order valence-electron chi connectivity index (χ4n) is 4.87. The lowest BCUT2D eigenvalue weighted by molar-refractivity contribution is 0.0827. The first-order valence-electron chi connectivity index (χ1n) is 14.1. The lowest BCUT2D eigenvalue weighted by Gasteiger charge is -2.28. The Morgan fingerprint density at radius 1 is 0.911 bits per heavy atom. The van der Waals surface area contributed by atoms with Crippen molar-refractivity contribution in [3.8, 4) is 22.5 Å². The van der Waals surface area contributed by atoms with Crippen molar-refractivity contribution in [1.82, 2.24) is 24.8 Å². The Bertz CT molecular complexity index is 1900. The van der Waals surface area contributed by atoms with Crippen LogP contribution in [0.5, 0.6) is 0 Å². The molecule has 0 radical (unpaired) electrons. The van der Waals surface area contributed by atoms with Gasteiger partial charge in [-0.2, -0.15) is 4.39 Å². The Morgan fingerprint density at radius 2 is 1.69 bits per heavy atom. The van der Waals surface area contributed by atoms with Crippen LogP contribution in [0.1, 0.15) is 10.4 Å². The molecule has 1 fully saturated rings. The van der Waals surface area contributed by atoms with Crippen molar-refractivity contribution in [2.45, 2.75) is 0 Å². The molecule has 3 amide bonds. The van der Waals surface area contributed by atoms with E-state index in [2.05, 4.69) is 25.5 Å². The maximum Gasteiger partial charge on any atom is 0.323 e. The Balaban J connectivity index is 1.25. The lowest BCUT2D eigenvalue weighted by Crippen LogP contribution is -2.37. The molecule has 13 heteroatoms. The minimum Gasteiger partial charge on any atom is -0.378 e. The van der Waals surface area contributed by atoms with Crippen molar-refractivity contribution in [3.63, 3.8) is 0 Å². The number of aromatic nitrogens is 4. The summed E-state index contributed by atoms with van der Waals surface area (Å²) in [5.41, 5.74) is 3.17. The van der Waals surface area contributed by atoms with Crippen LogP contribution in [-0.4, -0.2) is 77.2 Å². The number of pyridine rings is 2. The number of fused-ring (bicyclic) bond motifs is 1. The molecule has 0 saturated carbocycles. The Hall–Kier alpha value is -5.56. The van der Waals surface area contributed by atoms with Gasteiger partial charge >= 0.3 is 6.03 Å². The van der Waals surface area contributed by atoms with Crippen LogP contribution in [0.2, 0.25) is 0 Å². The Morgan fingerprint density at radius 3 is 2.40 bits per heavy atom. The highest BCUT2D eigenvalue weighted by Gasteiger charge is 2.20. The number of nitrogens with one attached hydrogen (secondary N) is 2. The third-order valence-corrected chi connectivity index (χ3v) is 7.17. The molecule has 2 aromatic carbocycles. The predicted octanol–water partition coefficient (Wildman–Crippen LogP) is 5.21. The number of rotatable bonds is 6. The average Bonchev–Trinajstić information content (AvgIpc) is 3.05. The lowest BCUT2D eigenvalue weighted by atomic mass is 10.1. The average molecular weight is 611 g/mol. The van der Waals surface area contributed by atoms with E-state index in [4.69, 9.17) is 14.7 Å². The molecule has 4 heterocycles. The SMILES string of the molecule is CN(C)C(=O)c1ccc(NC(=O)Nc2ccc(-c3nc(N4CCOCC4)c4ncc(-c5cccnc5F)cc4n3)cc2)c(F)c1. The third kappa shape index (κ3) is 6.38. The van der Waals surface area contributed by atoms with Crippen molar-refractivity contribution in [2.75, 3.05) is 55.9 Å². The number of amides is 3. The zero-order valence-corrected chi connectivity index (χ0v) is 24.4. The van der Waals surface area contributed by atoms with Gasteiger partial charge in [-0.1, -0.05) is 0 Å². The molecule has 1 aliphatic rings. The number of carbonyl (C=O) groups excluding carboxylic acids is 2. The first-order chi connectivity index (χ1) is 21.8. The van der Waals surface area contributed by atoms with Gasteiger partial charge in [-0.25, -0.2) is 24.1 Å². The molecule has 0 unspecified atom stereocenters. The minimum atomic E-state index is -0.735. The summed E-state index contributed by atoms with van der Waals surface area (Å²) in [6, 6.07) is 15.1. The number of anilines is 3. The van der Waals surface area contributed by atoms with Gasteiger partial charge in [0.1, 0.15) is 11.3 Å². The highest BCUT2D eigenvalue weighted by molar-refractivity contribution is 6.01. The van der Waals surface area contributed by atoms with Gasteiger partial charge < -0.3 is 25.2 Å². The van der Waals surface area contributed by atoms with Gasteiger partial charge in [-0.3, -0.25) is 9.78 Å². The Labute approximate surface area is 256 Å². The zero-order valence-electron chi connectivity index (χ0n) is 24.4. The number of urea groups is 1. The van der Waals surface area contributed by atoms with Gasteiger partial charge in [0, 0.05) is 67.5 Å². The van der Waals surface area contributed by atoms with E-state index in [1.54, 1.807) is 62.8 Å². The molecule has 1 saturated heterocycles. The van der Waals surface area contributed by atoms with E-state index in [0.717, 1.165) is 6.07 Å². The van der Waals surface area contributed by atoms with E-state index in [-0.39, 0.29) is 17.2 Å². The second-order valence-electron chi connectivity index (χ2n) is 10.5. The van der Waals surface area contributed by atoms with Crippen LogP contribution < -0.4 is 15.5 Å². The highest BCUT2D eigenvalue weighted by Crippen LogP contribution is 2.31. The second-order valence-corrected chi connectivity index (χ2v) is 10.5. The number of halogens is 2. The largest absolute Gasteiger partial charge is 0.378 e. The zero-order chi connectivity index (χ0) is 31.5. The van der Waals surface area contributed by atoms with Crippen LogP contribution in [-0.2, 0) is 4.74 Å². The molecule has 0 atom stereocenters. The van der Waals surface area contributed by atoms with Crippen LogP contribution in [0.15, 0.2) is 73.1 Å². The molecular formula is C32H28F2N8O3. The molecule has 3 aromatic heterocycles. The highest BCUT2D eigenvalue weighted by atomic mass is 19.1. The number of nitrogens with zero attached hydrogens (tertiary/aromatic N) is 6. The maximum atomic E-state index is 14.6. The molecule has 228 valence electrons. The summed E-state index contributed by atoms with van der Waals surface area (Å²) in [6.07, 6.45) is 2.97. The van der Waals surface area contributed by atoms with Crippen molar-refractivity contribution in [3.05, 3.63) is 90.4 Å². The van der Waals surface area contributed by atoms with Crippen LogP contribution in [0, 0.1) is 11.8 Å². The number of benzene rings is 2. The van der Waals surface area contributed by atoms with E-state index >= 15 is 0 Å². The predicted molar refractivity (Wildman–Crippen MR) is 166 cm³/mol. The molecule has 6 rings (SSSR count). The van der Waals surface area contributed by atoms with E-state index in [1.807, 2.05) is 0 Å². The quantitative estimate of drug-likeness (QED) is 0.251. The summed E-state index contributed by atoms with van der Waals surface area (Å²) in [6.45, 7) is 2.34. The first kappa shape index (κ1) is 29.5. The van der Waals surface area contributed by atoms with Gasteiger partial charge in [0.25, 0.3) is 5.91 Å². The van der Waals surface area contributed by atoms with Gasteiger partial charge in [0.05, 0.1) is 24.4 Å². The first-order valence-corrected chi connectivity index (χ1v) is 14.1. The molecule has 5 aromatic rings. The van der Waals surface area contributed by atoms with Crippen LogP contribution >= 0.6 is 0 Å². The van der Waals surface area contributed by atoms with Gasteiger partial charge in [-0.15, -0.1) is 0 Å². The number of morpholine rings is 1. The van der Waals surface area contributed by atoms with E-state index in [0.29, 0.717) is 71.4 Å². The van der Waals surface area contributed by atoms with E-state index < -0.39 is 17.8 Å². The molecular weight excluding hydrogens is 582 g/mol. The van der Waals surface area contributed by atoms with Crippen molar-refractivity contribution in [2.24, 2.45) is 0 Å². The summed E-state index contributed by atoms with van der Waals surface area (Å²) in [4.78, 5) is 46.1. The Kier molecular flexibility index (Phi) is 8.25. The summed E-state index contributed by atoms with van der Waals surface area (Å²) >= 11 is 0. The fourth-order valence-corrected chi connectivity index (χ4v) is 4.87. The fraction of sp³-hybridized carbons (Fsp3) is 0.188. The van der Waals surface area contributed by atoms with Gasteiger partial charge in [-0.05, 0) is 60.7 Å². The molecule has 0 aliphatic carbocycles. The van der Waals surface area contributed by atoms with Crippen molar-refractivity contribution >= 4 is 40.2 Å². The summed E-state index contributed by atoms with van der Waals surface area (Å²) in [5.74, 6) is -0.635. The summed E-state index contributed by atoms with van der Waals surface area (Å²) in [5, 5.41) is 5.13. The molecule has 45 heavy (non-hydrogen) atoms. The summed E-state index contributed by atoms with van der Waals surface area (Å²) in [7, 11) is 3.14. The third-order valence-electron chi connectivity index (χ3n) is 7.17. The molecule has 11 nitrogen and oxygen atoms in total. The standard InChI is InChI=1S/C32H28F2N8O3/c1-41(2)31(43)20-7-10-25(24(33)16-20)39-32(44)37-22-8-5-19(6-9-22)29-38-26-17-21(23-4-3-11-35-28(23)34)18-36-27(26)30(40-29)42-12-14-45-15-13-42/h3-11,16-18H,12-15H2,1-2H3,(H2,37,39,44). The maximum absolute atomic E-state index is 14.6. The van der Waals surface area contributed by atoms with Gasteiger partial charge in [0.2, 0.25) is 5.95 Å². The molecule has 0 bridgehead atoms. The number of carbonyl (C=O) groups is 2. The number of hydrogen-bond donors (Lipinski definition) is 2. The topological polar surface area (TPSA) is 125 Å². The molecule has 0 spiro atoms. The number of ether oxygens (including phenoxy) is 1. The van der Waals surface area contributed by atoms with Crippen LogP contribution in [0.25, 0.3) is 33.5 Å². The molecule has 1 aliphatic heterocycles. The minimum absolute atomic E-state index is 0.0706. The van der Waals surface area contributed by atoms with Gasteiger partial charge in [0.15, 0.2) is 11.6 Å². The monoisotopic (exact) mass is 610 g/mol. The van der Waals surface area contributed by atoms with Crippen LogP contribution in [0.3, 0.4) is 0 Å². The normalized spacial score (nSPS) is 13.0. The van der Waals surface area contributed by atoms with E-state index in [9.17, 15) is 18.4 Å². The van der Waals surface area contributed by atoms with Crippen LogP contribution in [0.4, 0.5) is 30.8 Å². The van der Waals surface area contributed by atoms with Crippen molar-refractivity contribution in [1.29, 1.82) is 0 Å². The summed E-state index contributed by atoms with van der Waals surface area (Å²) < 4.78 is 34.6. The van der Waals surface area contributed by atoms with Crippen molar-refractivity contribution < 1.29 is 23.1 Å². The number of hydrogen-bond acceptors (Lipinski definition) is 8. The smallest absolute Gasteiger partial charge is 0.323 e. The second kappa shape index (κ2) is 12.6. The van der Waals surface area contributed by atoms with E-state index in [1.165, 1.54) is 23.2 Å². The molecule has 2 N–H and O–H groups in total.